The maximum Gasteiger partial charge on any atom is 0.261 e. The van der Waals surface area contributed by atoms with Crippen LogP contribution in [0, 0.1) is 11.8 Å². The molecule has 4 aromatic carbocycles. The summed E-state index contributed by atoms with van der Waals surface area (Å²) in [4.78, 5) is 0. The molecule has 0 aliphatic rings. The normalized spacial score (nSPS) is 13.6. The topological polar surface area (TPSA) is 18.5 Å². The maximum atomic E-state index is 7.55. The third-order valence-electron chi connectivity index (χ3n) is 10.8. The first-order valence-corrected chi connectivity index (χ1v) is 24.3. The molecule has 2 atom stereocenters. The lowest BCUT2D eigenvalue weighted by molar-refractivity contribution is 0.162. The van der Waals surface area contributed by atoms with Crippen LogP contribution < -0.4 is 20.7 Å². The second-order valence-corrected chi connectivity index (χ2v) is 25.5. The van der Waals surface area contributed by atoms with Gasteiger partial charge in [-0.15, -0.1) is 11.8 Å². The summed E-state index contributed by atoms with van der Waals surface area (Å²) in [5.41, 5.74) is 0. The first-order chi connectivity index (χ1) is 25.5. The van der Waals surface area contributed by atoms with E-state index in [1.165, 1.54) is 46.4 Å². The molecule has 0 saturated heterocycles. The van der Waals surface area contributed by atoms with Crippen molar-refractivity contribution in [2.75, 3.05) is 0 Å². The number of rotatable bonds is 19. The maximum absolute atomic E-state index is 7.55. The van der Waals surface area contributed by atoms with Gasteiger partial charge in [0, 0.05) is 25.0 Å². The van der Waals surface area contributed by atoms with E-state index in [1.807, 2.05) is 0 Å². The Morgan fingerprint density at radius 2 is 0.849 bits per heavy atom. The van der Waals surface area contributed by atoms with Gasteiger partial charge in [-0.05, 0) is 69.9 Å². The molecule has 0 bridgehead atoms. The van der Waals surface area contributed by atoms with Crippen LogP contribution in [0.2, 0.25) is 10.1 Å². The Morgan fingerprint density at radius 1 is 0.472 bits per heavy atom. The zero-order valence-electron chi connectivity index (χ0n) is 34.3. The summed E-state index contributed by atoms with van der Waals surface area (Å²) in [6.45, 7) is 18.8. The fraction of sp³-hybridized carbons (Fsp3) is 0.469. The molecule has 0 aromatic heterocycles. The smallest absolute Gasteiger partial charge is 0.261 e. The summed E-state index contributed by atoms with van der Waals surface area (Å²) in [6, 6.07) is 44.2. The molecule has 0 spiro atoms. The molecule has 0 aliphatic carbocycles. The van der Waals surface area contributed by atoms with Crippen LogP contribution in [0.3, 0.4) is 0 Å². The molecule has 284 valence electrons. The minimum atomic E-state index is -2.57. The highest BCUT2D eigenvalue weighted by atomic mass is 28.4. The predicted octanol–water partition coefficient (Wildman–Crippen LogP) is 11.2. The van der Waals surface area contributed by atoms with Crippen molar-refractivity contribution in [2.45, 2.75) is 148 Å². The van der Waals surface area contributed by atoms with E-state index < -0.39 is 16.6 Å². The molecule has 0 saturated carbocycles. The molecular weight excluding hydrogens is 677 g/mol. The van der Waals surface area contributed by atoms with Crippen LogP contribution in [-0.4, -0.2) is 28.8 Å². The van der Waals surface area contributed by atoms with Gasteiger partial charge in [-0.3, -0.25) is 0 Å². The van der Waals surface area contributed by atoms with E-state index in [9.17, 15) is 0 Å². The summed E-state index contributed by atoms with van der Waals surface area (Å²) >= 11 is 0. The van der Waals surface area contributed by atoms with E-state index in [-0.39, 0.29) is 22.3 Å². The lowest BCUT2D eigenvalue weighted by Crippen LogP contribution is -2.67. The lowest BCUT2D eigenvalue weighted by Gasteiger charge is -2.45. The van der Waals surface area contributed by atoms with Crippen molar-refractivity contribution in [3.8, 4) is 11.8 Å². The Morgan fingerprint density at radius 3 is 1.25 bits per heavy atom. The molecule has 0 N–H and O–H groups in total. The molecule has 0 amide bonds. The summed E-state index contributed by atoms with van der Waals surface area (Å²) in [5, 5.41) is 5.43. The van der Waals surface area contributed by atoms with E-state index in [4.69, 9.17) is 8.85 Å². The molecule has 4 rings (SSSR count). The molecule has 0 fully saturated rings. The minimum absolute atomic E-state index is 0.00312. The van der Waals surface area contributed by atoms with Crippen molar-refractivity contribution in [1.82, 2.24) is 0 Å². The number of unbranched alkanes of at least 4 members (excludes halogenated alkanes) is 5. The number of hydrogen-bond acceptors (Lipinski definition) is 2. The first kappa shape index (κ1) is 42.5. The van der Waals surface area contributed by atoms with Gasteiger partial charge in [0.05, 0.1) is 0 Å². The van der Waals surface area contributed by atoms with Crippen LogP contribution in [0.25, 0.3) is 0 Å². The van der Waals surface area contributed by atoms with E-state index in [0.717, 1.165) is 44.9 Å². The Bertz CT molecular complexity index is 1570. The molecule has 4 heteroatoms. The summed E-state index contributed by atoms with van der Waals surface area (Å²) < 4.78 is 14.8. The molecule has 53 heavy (non-hydrogen) atoms. The summed E-state index contributed by atoms with van der Waals surface area (Å²) in [5.74, 6) is 7.03. The Balaban J connectivity index is 1.30. The molecule has 0 heterocycles. The average Bonchev–Trinajstić information content (AvgIpc) is 3.15. The first-order valence-electron chi connectivity index (χ1n) is 20.5. The quantitative estimate of drug-likeness (QED) is 0.0541. The van der Waals surface area contributed by atoms with Crippen molar-refractivity contribution >= 4 is 37.4 Å². The lowest BCUT2D eigenvalue weighted by atomic mass is 10.1. The SMILES string of the molecule is CCCC[C@H](CCCC#CCCCCC[C@@H](C)O[Si](c1ccccc1)(c1ccccc1)C(C)(C)C)O[Si](c1ccccc1)(c1ccccc1)C(C)(C)C. The highest BCUT2D eigenvalue weighted by Crippen LogP contribution is 2.39. The molecule has 4 aromatic rings. The van der Waals surface area contributed by atoms with E-state index in [2.05, 4.69) is 189 Å². The molecule has 0 aliphatic heterocycles. The fourth-order valence-electron chi connectivity index (χ4n) is 8.10. The van der Waals surface area contributed by atoms with Gasteiger partial charge in [0.25, 0.3) is 16.6 Å². The standard InChI is InChI=1S/C49H68O2Si2/c1-9-10-32-43(51-53(49(6,7)8,46-38-27-19-28-39-46)47-40-29-20-30-41-47)33-22-16-14-12-11-13-15-21-31-42(2)50-52(48(3,4)5,44-34-23-17-24-35-44)45-36-25-18-26-37-45/h17-20,23-30,34-43H,9-11,13,15-16,21-22,31-33H2,1-8H3/t42-,43-/m1/s1. The van der Waals surface area contributed by atoms with Crippen LogP contribution in [0.15, 0.2) is 121 Å². The van der Waals surface area contributed by atoms with Gasteiger partial charge in [-0.25, -0.2) is 0 Å². The number of benzene rings is 4. The van der Waals surface area contributed by atoms with Crippen molar-refractivity contribution in [1.29, 1.82) is 0 Å². The summed E-state index contributed by atoms with van der Waals surface area (Å²) in [6.07, 6.45) is 12.5. The number of hydrogen-bond donors (Lipinski definition) is 0. The predicted molar refractivity (Wildman–Crippen MR) is 235 cm³/mol. The molecular formula is C49H68O2Si2. The minimum Gasteiger partial charge on any atom is -0.405 e. The van der Waals surface area contributed by atoms with E-state index in [0.29, 0.717) is 0 Å². The summed E-state index contributed by atoms with van der Waals surface area (Å²) in [7, 11) is -5.07. The van der Waals surface area contributed by atoms with Crippen LogP contribution in [0.1, 0.15) is 126 Å². The highest BCUT2D eigenvalue weighted by molar-refractivity contribution is 7.00. The van der Waals surface area contributed by atoms with Crippen molar-refractivity contribution < 1.29 is 8.85 Å². The molecule has 2 nitrogen and oxygen atoms in total. The Hall–Kier alpha value is -3.21. The van der Waals surface area contributed by atoms with Crippen LogP contribution >= 0.6 is 0 Å². The van der Waals surface area contributed by atoms with E-state index in [1.54, 1.807) is 0 Å². The van der Waals surface area contributed by atoms with Crippen LogP contribution in [0.5, 0.6) is 0 Å². The largest absolute Gasteiger partial charge is 0.405 e. The second kappa shape index (κ2) is 20.5. The zero-order chi connectivity index (χ0) is 38.2. The third-order valence-corrected chi connectivity index (χ3v) is 21.1. The Labute approximate surface area is 326 Å². The Kier molecular flexibility index (Phi) is 16.4. The van der Waals surface area contributed by atoms with Crippen molar-refractivity contribution in [2.24, 2.45) is 0 Å². The van der Waals surface area contributed by atoms with Crippen molar-refractivity contribution in [3.63, 3.8) is 0 Å². The third kappa shape index (κ3) is 11.2. The van der Waals surface area contributed by atoms with Gasteiger partial charge in [0.15, 0.2) is 0 Å². The average molecular weight is 745 g/mol. The van der Waals surface area contributed by atoms with Crippen LogP contribution in [-0.2, 0) is 8.85 Å². The van der Waals surface area contributed by atoms with Gasteiger partial charge in [-0.2, -0.15) is 0 Å². The van der Waals surface area contributed by atoms with Gasteiger partial charge < -0.3 is 8.85 Å². The fourth-order valence-corrected chi connectivity index (χ4v) is 17.6. The molecule has 0 radical (unpaired) electrons. The van der Waals surface area contributed by atoms with Crippen LogP contribution in [0.4, 0.5) is 0 Å². The van der Waals surface area contributed by atoms with Gasteiger partial charge in [0.1, 0.15) is 0 Å². The van der Waals surface area contributed by atoms with E-state index >= 15 is 0 Å². The highest BCUT2D eigenvalue weighted by Gasteiger charge is 2.52. The molecule has 0 unspecified atom stereocenters. The second-order valence-electron chi connectivity index (χ2n) is 17.0. The zero-order valence-corrected chi connectivity index (χ0v) is 36.3. The van der Waals surface area contributed by atoms with Gasteiger partial charge in [0.2, 0.25) is 0 Å². The van der Waals surface area contributed by atoms with Gasteiger partial charge >= 0.3 is 0 Å². The van der Waals surface area contributed by atoms with Gasteiger partial charge in [-0.1, -0.05) is 195 Å². The van der Waals surface area contributed by atoms with Crippen molar-refractivity contribution in [3.05, 3.63) is 121 Å². The monoisotopic (exact) mass is 744 g/mol.